The quantitative estimate of drug-likeness (QED) is 0.307. The maximum absolute atomic E-state index is 11.6. The van der Waals surface area contributed by atoms with E-state index in [1.807, 2.05) is 45.9 Å². The SMILES string of the molecule is C=CN=C(CC(/C=C\C)=C/C)/C(=C\C)C(=O)OC.CC. The fraction of sp³-hybridized carbons (Fsp3) is 0.412. The van der Waals surface area contributed by atoms with Gasteiger partial charge in [0.2, 0.25) is 0 Å². The molecule has 0 aromatic rings. The summed E-state index contributed by atoms with van der Waals surface area (Å²) < 4.78 is 4.75. The average molecular weight is 277 g/mol. The van der Waals surface area contributed by atoms with E-state index in [-0.39, 0.29) is 5.97 Å². The minimum Gasteiger partial charge on any atom is -0.465 e. The summed E-state index contributed by atoms with van der Waals surface area (Å²) in [7, 11) is 1.36. The first-order valence-corrected chi connectivity index (χ1v) is 6.85. The van der Waals surface area contributed by atoms with Crippen molar-refractivity contribution in [3.63, 3.8) is 0 Å². The van der Waals surface area contributed by atoms with Crippen LogP contribution in [-0.2, 0) is 9.53 Å². The Morgan fingerprint density at radius 2 is 1.80 bits per heavy atom. The minimum absolute atomic E-state index is 0.381. The normalized spacial score (nSPS) is 12.8. The third kappa shape index (κ3) is 7.52. The molecule has 0 spiro atoms. The van der Waals surface area contributed by atoms with Gasteiger partial charge < -0.3 is 4.74 Å². The molecule has 0 saturated heterocycles. The Bertz CT molecular complexity index is 413. The van der Waals surface area contributed by atoms with E-state index in [9.17, 15) is 4.79 Å². The second-order valence-electron chi connectivity index (χ2n) is 3.49. The molecule has 0 aromatic heterocycles. The number of aliphatic imine (C=N–C) groups is 1. The van der Waals surface area contributed by atoms with Gasteiger partial charge in [0, 0.05) is 12.6 Å². The van der Waals surface area contributed by atoms with Gasteiger partial charge >= 0.3 is 5.97 Å². The molecular weight excluding hydrogens is 250 g/mol. The van der Waals surface area contributed by atoms with Gasteiger partial charge in [-0.05, 0) is 26.3 Å². The average Bonchev–Trinajstić information content (AvgIpc) is 2.49. The van der Waals surface area contributed by atoms with Crippen molar-refractivity contribution < 1.29 is 9.53 Å². The maximum Gasteiger partial charge on any atom is 0.339 e. The molecule has 0 N–H and O–H groups in total. The molecule has 0 fully saturated rings. The van der Waals surface area contributed by atoms with E-state index in [1.54, 1.807) is 13.0 Å². The third-order valence-corrected chi connectivity index (χ3v) is 2.38. The lowest BCUT2D eigenvalue weighted by Gasteiger charge is -2.09. The molecule has 0 aliphatic carbocycles. The van der Waals surface area contributed by atoms with Gasteiger partial charge in [0.05, 0.1) is 18.4 Å². The van der Waals surface area contributed by atoms with E-state index >= 15 is 0 Å². The zero-order valence-corrected chi connectivity index (χ0v) is 13.6. The highest BCUT2D eigenvalue weighted by Gasteiger charge is 2.15. The van der Waals surface area contributed by atoms with Gasteiger partial charge in [-0.1, -0.05) is 44.7 Å². The van der Waals surface area contributed by atoms with Crippen molar-refractivity contribution >= 4 is 11.7 Å². The Labute approximate surface area is 123 Å². The lowest BCUT2D eigenvalue weighted by molar-refractivity contribution is -0.135. The number of allylic oxidation sites excluding steroid dienone is 5. The zero-order valence-electron chi connectivity index (χ0n) is 13.6. The minimum atomic E-state index is -0.381. The Kier molecular flexibility index (Phi) is 13.8. The van der Waals surface area contributed by atoms with Crippen LogP contribution < -0.4 is 0 Å². The molecule has 3 nitrogen and oxygen atoms in total. The van der Waals surface area contributed by atoms with Crippen LogP contribution in [-0.4, -0.2) is 18.8 Å². The Morgan fingerprint density at radius 1 is 1.20 bits per heavy atom. The molecule has 20 heavy (non-hydrogen) atoms. The summed E-state index contributed by atoms with van der Waals surface area (Å²) >= 11 is 0. The number of esters is 1. The van der Waals surface area contributed by atoms with Crippen LogP contribution in [0.1, 0.15) is 41.0 Å². The smallest absolute Gasteiger partial charge is 0.339 e. The van der Waals surface area contributed by atoms with Crippen LogP contribution in [0.3, 0.4) is 0 Å². The van der Waals surface area contributed by atoms with Crippen molar-refractivity contribution in [2.24, 2.45) is 4.99 Å². The van der Waals surface area contributed by atoms with E-state index < -0.39 is 0 Å². The van der Waals surface area contributed by atoms with E-state index in [2.05, 4.69) is 11.6 Å². The third-order valence-electron chi connectivity index (χ3n) is 2.38. The number of methoxy groups -OCH3 is 1. The molecule has 0 rings (SSSR count). The molecule has 0 aromatic carbocycles. The van der Waals surface area contributed by atoms with Gasteiger partial charge in [-0.3, -0.25) is 4.99 Å². The summed E-state index contributed by atoms with van der Waals surface area (Å²) in [5.74, 6) is -0.381. The zero-order chi connectivity index (χ0) is 16.0. The molecule has 0 aliphatic heterocycles. The molecule has 3 heteroatoms. The lowest BCUT2D eigenvalue weighted by atomic mass is 10.0. The summed E-state index contributed by atoms with van der Waals surface area (Å²) in [5, 5.41) is 0. The summed E-state index contributed by atoms with van der Waals surface area (Å²) in [4.78, 5) is 15.8. The van der Waals surface area contributed by atoms with Crippen LogP contribution >= 0.6 is 0 Å². The molecule has 0 unspecified atom stereocenters. The standard InChI is InChI=1S/C15H21NO2.C2H6/c1-6-10-12(7-2)11-14(16-9-4)13(8-3)15(17)18-5;1-2/h6-10H,4,11H2,1-3,5H3;1-2H3/b10-6-,12-7+,13-8+,16-14?;. The van der Waals surface area contributed by atoms with E-state index in [0.29, 0.717) is 17.7 Å². The van der Waals surface area contributed by atoms with E-state index in [4.69, 9.17) is 4.74 Å². The molecule has 0 atom stereocenters. The van der Waals surface area contributed by atoms with Crippen LogP contribution in [0, 0.1) is 0 Å². The molecule has 0 saturated carbocycles. The summed E-state index contributed by atoms with van der Waals surface area (Å²) in [6.07, 6.45) is 9.64. The van der Waals surface area contributed by atoms with E-state index in [0.717, 1.165) is 5.57 Å². The Morgan fingerprint density at radius 3 is 2.15 bits per heavy atom. The first kappa shape index (κ1) is 20.4. The van der Waals surface area contributed by atoms with Gasteiger partial charge in [0.15, 0.2) is 0 Å². The van der Waals surface area contributed by atoms with Crippen molar-refractivity contribution in [2.75, 3.05) is 7.11 Å². The number of rotatable bonds is 6. The monoisotopic (exact) mass is 277 g/mol. The van der Waals surface area contributed by atoms with Crippen LogP contribution in [0.5, 0.6) is 0 Å². The van der Waals surface area contributed by atoms with Crippen LogP contribution in [0.2, 0.25) is 0 Å². The fourth-order valence-electron chi connectivity index (χ4n) is 1.50. The molecule has 0 aliphatic rings. The van der Waals surface area contributed by atoms with Crippen LogP contribution in [0.4, 0.5) is 0 Å². The molecular formula is C17H27NO2. The predicted octanol–water partition coefficient (Wildman–Crippen LogP) is 4.63. The first-order valence-electron chi connectivity index (χ1n) is 6.85. The van der Waals surface area contributed by atoms with Crippen molar-refractivity contribution in [3.05, 3.63) is 48.2 Å². The van der Waals surface area contributed by atoms with Crippen LogP contribution in [0.25, 0.3) is 0 Å². The van der Waals surface area contributed by atoms with Crippen LogP contribution in [0.15, 0.2) is 53.2 Å². The lowest BCUT2D eigenvalue weighted by Crippen LogP contribution is -2.15. The van der Waals surface area contributed by atoms with Crippen molar-refractivity contribution in [1.29, 1.82) is 0 Å². The molecule has 112 valence electrons. The highest BCUT2D eigenvalue weighted by molar-refractivity contribution is 6.20. The molecule has 0 amide bonds. The fourth-order valence-corrected chi connectivity index (χ4v) is 1.50. The van der Waals surface area contributed by atoms with Gasteiger partial charge in [-0.25, -0.2) is 4.79 Å². The highest BCUT2D eigenvalue weighted by atomic mass is 16.5. The van der Waals surface area contributed by atoms with E-state index in [1.165, 1.54) is 13.3 Å². The predicted molar refractivity (Wildman–Crippen MR) is 87.9 cm³/mol. The highest BCUT2D eigenvalue weighted by Crippen LogP contribution is 2.13. The second kappa shape index (κ2) is 13.5. The maximum atomic E-state index is 11.6. The Hall–Kier alpha value is -1.90. The number of hydrogen-bond donors (Lipinski definition) is 0. The second-order valence-corrected chi connectivity index (χ2v) is 3.49. The van der Waals surface area contributed by atoms with Gasteiger partial charge in [-0.15, -0.1) is 0 Å². The Balaban J connectivity index is 0. The number of carbonyl (C=O) groups is 1. The number of nitrogens with zero attached hydrogens (tertiary/aromatic N) is 1. The van der Waals surface area contributed by atoms with Crippen molar-refractivity contribution in [1.82, 2.24) is 0 Å². The van der Waals surface area contributed by atoms with Gasteiger partial charge in [-0.2, -0.15) is 0 Å². The summed E-state index contributed by atoms with van der Waals surface area (Å²) in [5.41, 5.74) is 2.22. The molecule has 0 heterocycles. The van der Waals surface area contributed by atoms with Crippen molar-refractivity contribution in [2.45, 2.75) is 41.0 Å². The number of ether oxygens (including phenoxy) is 1. The molecule has 0 radical (unpaired) electrons. The molecule has 0 bridgehead atoms. The topological polar surface area (TPSA) is 38.7 Å². The first-order chi connectivity index (χ1) is 9.64. The summed E-state index contributed by atoms with van der Waals surface area (Å²) in [6, 6.07) is 0. The number of carbonyl (C=O) groups excluding carboxylic acids is 1. The van der Waals surface area contributed by atoms with Gasteiger partial charge in [0.25, 0.3) is 0 Å². The van der Waals surface area contributed by atoms with Gasteiger partial charge in [0.1, 0.15) is 0 Å². The largest absolute Gasteiger partial charge is 0.465 e. The number of hydrogen-bond acceptors (Lipinski definition) is 3. The summed E-state index contributed by atoms with van der Waals surface area (Å²) in [6.45, 7) is 13.3. The van der Waals surface area contributed by atoms with Crippen molar-refractivity contribution in [3.8, 4) is 0 Å².